The predicted octanol–water partition coefficient (Wildman–Crippen LogP) is 2.85. The highest BCUT2D eigenvalue weighted by molar-refractivity contribution is 8.14. The molecule has 3 heterocycles. The number of anilines is 1. The molecule has 1 aliphatic carbocycles. The lowest BCUT2D eigenvalue weighted by molar-refractivity contribution is 0.277. The van der Waals surface area contributed by atoms with E-state index in [1.165, 1.54) is 0 Å². The summed E-state index contributed by atoms with van der Waals surface area (Å²) in [6, 6.07) is 7.99. The maximum Gasteiger partial charge on any atom is 0.173 e. The fourth-order valence-electron chi connectivity index (χ4n) is 4.40. The topological polar surface area (TPSA) is 83.7 Å². The molecule has 0 saturated heterocycles. The molecule has 3 aliphatic rings. The Hall–Kier alpha value is -1.51. The van der Waals surface area contributed by atoms with Crippen LogP contribution in [0.2, 0.25) is 0 Å². The van der Waals surface area contributed by atoms with Crippen LogP contribution in [0.3, 0.4) is 0 Å². The van der Waals surface area contributed by atoms with Crippen molar-refractivity contribution < 1.29 is 13.5 Å². The normalized spacial score (nSPS) is 28.6. The molecule has 0 radical (unpaired) electrons. The first kappa shape index (κ1) is 18.8. The van der Waals surface area contributed by atoms with E-state index in [0.29, 0.717) is 0 Å². The quantitative estimate of drug-likeness (QED) is 0.800. The number of rotatable bonds is 2. The van der Waals surface area contributed by atoms with E-state index in [4.69, 9.17) is 0 Å². The lowest BCUT2D eigenvalue weighted by atomic mass is 10.2. The van der Waals surface area contributed by atoms with E-state index >= 15 is 0 Å². The van der Waals surface area contributed by atoms with Crippen molar-refractivity contribution in [3.05, 3.63) is 30.0 Å². The first-order valence-electron chi connectivity index (χ1n) is 8.99. The maximum absolute atomic E-state index is 13.1. The summed E-state index contributed by atoms with van der Waals surface area (Å²) >= 11 is 1.59. The molecular weight excluding hydrogens is 382 g/mol. The van der Waals surface area contributed by atoms with Crippen LogP contribution < -0.4 is 5.32 Å². The Morgan fingerprint density at radius 1 is 1.33 bits per heavy atom. The van der Waals surface area contributed by atoms with E-state index in [2.05, 4.69) is 10.3 Å². The molecule has 1 saturated carbocycles. The molecule has 5 rings (SSSR count). The number of aliphatic hydroxyl groups excluding tert-OH is 1. The average Bonchev–Trinajstić information content (AvgIpc) is 3.32. The Bertz CT molecular complexity index is 1010. The van der Waals surface area contributed by atoms with Crippen molar-refractivity contribution in [1.29, 1.82) is 0 Å². The fourth-order valence-corrected chi connectivity index (χ4v) is 7.52. The highest BCUT2D eigenvalue weighted by Gasteiger charge is 2.40. The molecular formula is C19H25N3O3S2. The van der Waals surface area contributed by atoms with Gasteiger partial charge in [0.2, 0.25) is 0 Å². The zero-order valence-electron chi connectivity index (χ0n) is 14.3. The summed E-state index contributed by atoms with van der Waals surface area (Å²) in [6.07, 6.45) is 2.57. The van der Waals surface area contributed by atoms with Gasteiger partial charge in [-0.1, -0.05) is 19.6 Å². The van der Waals surface area contributed by atoms with Crippen LogP contribution in [-0.2, 0) is 15.7 Å². The van der Waals surface area contributed by atoms with E-state index in [1.807, 2.05) is 28.8 Å². The number of aliphatic imine (C=N–C) groups is 1. The average molecular weight is 408 g/mol. The van der Waals surface area contributed by atoms with E-state index in [1.54, 1.807) is 11.8 Å². The van der Waals surface area contributed by atoms with Crippen molar-refractivity contribution in [1.82, 2.24) is 4.57 Å². The molecule has 1 aromatic carbocycles. The Kier molecular flexibility index (Phi) is 4.76. The van der Waals surface area contributed by atoms with Crippen molar-refractivity contribution in [2.45, 2.75) is 49.9 Å². The molecule has 1 fully saturated rings. The van der Waals surface area contributed by atoms with Gasteiger partial charge in [-0.15, -0.1) is 11.8 Å². The molecule has 3 unspecified atom stereocenters. The Morgan fingerprint density at radius 3 is 2.96 bits per heavy atom. The molecule has 2 aliphatic heterocycles. The van der Waals surface area contributed by atoms with Crippen LogP contribution in [0.1, 0.15) is 32.4 Å². The first-order valence-corrected chi connectivity index (χ1v) is 11.7. The molecule has 27 heavy (non-hydrogen) atoms. The summed E-state index contributed by atoms with van der Waals surface area (Å²) < 4.78 is 28.2. The highest BCUT2D eigenvalue weighted by atomic mass is 32.2. The van der Waals surface area contributed by atoms with E-state index in [0.717, 1.165) is 52.3 Å². The van der Waals surface area contributed by atoms with Crippen molar-refractivity contribution >= 4 is 43.2 Å². The van der Waals surface area contributed by atoms with E-state index < -0.39 is 9.84 Å². The number of sulfone groups is 1. The molecule has 0 amide bonds. The Morgan fingerprint density at radius 2 is 2.19 bits per heavy atom. The van der Waals surface area contributed by atoms with Gasteiger partial charge in [0.25, 0.3) is 0 Å². The number of aromatic nitrogens is 1. The van der Waals surface area contributed by atoms with Crippen LogP contribution in [-0.4, -0.2) is 52.8 Å². The summed E-state index contributed by atoms with van der Waals surface area (Å²) in [5.41, 5.74) is 2.78. The number of para-hydroxylation sites is 1. The third kappa shape index (κ3) is 2.98. The Balaban J connectivity index is 0.00000180. The third-order valence-electron chi connectivity index (χ3n) is 5.63. The van der Waals surface area contributed by atoms with Gasteiger partial charge >= 0.3 is 0 Å². The number of nitrogens with one attached hydrogen (secondary N) is 1. The van der Waals surface area contributed by atoms with Crippen molar-refractivity contribution in [3.63, 3.8) is 0 Å². The minimum atomic E-state index is -3.26. The van der Waals surface area contributed by atoms with Gasteiger partial charge in [0.1, 0.15) is 10.9 Å². The molecule has 6 nitrogen and oxygen atoms in total. The second-order valence-electron chi connectivity index (χ2n) is 7.29. The largest absolute Gasteiger partial charge is 0.394 e. The standard InChI is InChI=1S/C18H21N3O3S2.CH4/c22-8-12-9-25-18(19-12)15-7-11-3-1-5-14-17(11)21(15)10-26(23,24)16-6-2-4-13(16)20-14;/h1,3,5,7,12-13,16,20,22H,2,4,6,8-10H2;1H4. The number of hydrogen-bond donors (Lipinski definition) is 2. The van der Waals surface area contributed by atoms with Gasteiger partial charge in [-0.3, -0.25) is 4.99 Å². The van der Waals surface area contributed by atoms with E-state index in [9.17, 15) is 13.5 Å². The zero-order chi connectivity index (χ0) is 17.9. The highest BCUT2D eigenvalue weighted by Crippen LogP contribution is 2.38. The number of fused-ring (bicyclic) bond motifs is 1. The summed E-state index contributed by atoms with van der Waals surface area (Å²) in [5.74, 6) is 0.727. The van der Waals surface area contributed by atoms with Gasteiger partial charge in [-0.05, 0) is 31.4 Å². The number of thioether (sulfide) groups is 1. The molecule has 0 spiro atoms. The number of benzene rings is 1. The van der Waals surface area contributed by atoms with Crippen LogP contribution in [0.4, 0.5) is 5.69 Å². The smallest absolute Gasteiger partial charge is 0.173 e. The third-order valence-corrected chi connectivity index (χ3v) is 8.87. The van der Waals surface area contributed by atoms with Crippen molar-refractivity contribution in [2.24, 2.45) is 4.99 Å². The van der Waals surface area contributed by atoms with Crippen molar-refractivity contribution in [2.75, 3.05) is 17.7 Å². The molecule has 8 heteroatoms. The second kappa shape index (κ2) is 6.83. The number of hydrogen-bond acceptors (Lipinski definition) is 6. The van der Waals surface area contributed by atoms with Gasteiger partial charge in [0, 0.05) is 17.2 Å². The minimum absolute atomic E-state index is 0. The summed E-state index contributed by atoms with van der Waals surface area (Å²) in [5, 5.41) is 14.4. The SMILES string of the molecule is C.O=S1(=O)Cn2c(C3=NC(CO)CS3)cc3cccc(c32)NC2CCCC21. The summed E-state index contributed by atoms with van der Waals surface area (Å²) in [6.45, 7) is 0.0194. The van der Waals surface area contributed by atoms with E-state index in [-0.39, 0.29) is 37.2 Å². The van der Waals surface area contributed by atoms with Gasteiger partial charge in [-0.2, -0.15) is 0 Å². The van der Waals surface area contributed by atoms with Gasteiger partial charge < -0.3 is 15.0 Å². The minimum Gasteiger partial charge on any atom is -0.394 e. The number of aliphatic hydroxyl groups is 1. The van der Waals surface area contributed by atoms with Gasteiger partial charge in [0.05, 0.1) is 34.8 Å². The summed E-state index contributed by atoms with van der Waals surface area (Å²) in [7, 11) is -3.26. The van der Waals surface area contributed by atoms with Gasteiger partial charge in [-0.25, -0.2) is 8.42 Å². The zero-order valence-corrected chi connectivity index (χ0v) is 15.9. The fraction of sp³-hybridized carbons (Fsp3) is 0.526. The van der Waals surface area contributed by atoms with Crippen LogP contribution in [0.25, 0.3) is 10.9 Å². The first-order chi connectivity index (χ1) is 12.6. The predicted molar refractivity (Wildman–Crippen MR) is 113 cm³/mol. The van der Waals surface area contributed by atoms with Crippen LogP contribution in [0.15, 0.2) is 29.3 Å². The van der Waals surface area contributed by atoms with Crippen LogP contribution >= 0.6 is 11.8 Å². The monoisotopic (exact) mass is 407 g/mol. The second-order valence-corrected chi connectivity index (χ2v) is 10.5. The Labute approximate surface area is 164 Å². The van der Waals surface area contributed by atoms with Crippen LogP contribution in [0, 0.1) is 0 Å². The lowest BCUT2D eigenvalue weighted by Gasteiger charge is -2.27. The molecule has 3 atom stereocenters. The molecule has 2 N–H and O–H groups in total. The summed E-state index contributed by atoms with van der Waals surface area (Å²) in [4.78, 5) is 4.60. The van der Waals surface area contributed by atoms with Crippen molar-refractivity contribution in [3.8, 4) is 0 Å². The molecule has 146 valence electrons. The molecule has 1 aromatic heterocycles. The number of nitrogens with zero attached hydrogens (tertiary/aromatic N) is 2. The lowest BCUT2D eigenvalue weighted by Crippen LogP contribution is -2.38. The molecule has 2 aromatic rings. The van der Waals surface area contributed by atoms with Gasteiger partial charge in [0.15, 0.2) is 9.84 Å². The van der Waals surface area contributed by atoms with Crippen LogP contribution in [0.5, 0.6) is 0 Å². The maximum atomic E-state index is 13.1. The molecule has 0 bridgehead atoms.